The normalized spacial score (nSPS) is 24.0. The molecular weight excluding hydrogens is 190 g/mol. The topological polar surface area (TPSA) is 41.3 Å². The Morgan fingerprint density at radius 3 is 2.87 bits per heavy atom. The molecule has 1 aliphatic heterocycles. The summed E-state index contributed by atoms with van der Waals surface area (Å²) >= 11 is 0. The fourth-order valence-corrected chi connectivity index (χ4v) is 2.47. The van der Waals surface area contributed by atoms with Crippen LogP contribution in [0.5, 0.6) is 0 Å². The number of anilines is 1. The van der Waals surface area contributed by atoms with Crippen LogP contribution in [0.4, 0.5) is 5.95 Å². The first kappa shape index (κ1) is 9.21. The Morgan fingerprint density at radius 1 is 1.53 bits per heavy atom. The number of hydrogen-bond donors (Lipinski definition) is 1. The molecule has 2 heterocycles. The third kappa shape index (κ3) is 1.35. The van der Waals surface area contributed by atoms with Gasteiger partial charge in [-0.15, -0.1) is 0 Å². The molecule has 0 bridgehead atoms. The van der Waals surface area contributed by atoms with Crippen LogP contribution < -0.4 is 4.90 Å². The smallest absolute Gasteiger partial charge is 0.205 e. The minimum Gasteiger partial charge on any atom is -0.386 e. The molecule has 2 fully saturated rings. The van der Waals surface area contributed by atoms with Gasteiger partial charge < -0.3 is 14.6 Å². The Hall–Kier alpha value is -1.03. The van der Waals surface area contributed by atoms with Crippen LogP contribution in [0.1, 0.15) is 19.8 Å². The second-order valence-electron chi connectivity index (χ2n) is 4.75. The summed E-state index contributed by atoms with van der Waals surface area (Å²) in [6, 6.07) is 0. The number of imidazole rings is 1. The molecule has 0 atom stereocenters. The van der Waals surface area contributed by atoms with Crippen LogP contribution in [0, 0.1) is 5.92 Å². The molecule has 1 saturated carbocycles. The highest BCUT2D eigenvalue weighted by molar-refractivity contribution is 5.39. The van der Waals surface area contributed by atoms with Crippen LogP contribution in [0.15, 0.2) is 12.4 Å². The van der Waals surface area contributed by atoms with Crippen molar-refractivity contribution in [1.29, 1.82) is 0 Å². The molecule has 4 nitrogen and oxygen atoms in total. The van der Waals surface area contributed by atoms with E-state index in [2.05, 4.69) is 21.4 Å². The van der Waals surface area contributed by atoms with Gasteiger partial charge in [0, 0.05) is 18.9 Å². The number of hydrogen-bond acceptors (Lipinski definition) is 3. The van der Waals surface area contributed by atoms with Crippen molar-refractivity contribution >= 4 is 5.95 Å². The molecular formula is C11H17N3O. The molecule has 0 radical (unpaired) electrons. The standard InChI is InChI=1S/C11H17N3O/c1-2-13-6-5-12-10(13)14-7-11(15,8-14)9-3-4-9/h5-6,9,15H,2-4,7-8H2,1H3. The molecule has 1 aromatic heterocycles. The molecule has 3 rings (SSSR count). The summed E-state index contributed by atoms with van der Waals surface area (Å²) in [7, 11) is 0. The van der Waals surface area contributed by atoms with E-state index in [-0.39, 0.29) is 0 Å². The molecule has 15 heavy (non-hydrogen) atoms. The highest BCUT2D eigenvalue weighted by Gasteiger charge is 2.52. The van der Waals surface area contributed by atoms with E-state index in [1.807, 2.05) is 12.4 Å². The van der Waals surface area contributed by atoms with Crippen molar-refractivity contribution in [2.75, 3.05) is 18.0 Å². The molecule has 4 heteroatoms. The van der Waals surface area contributed by atoms with Crippen LogP contribution >= 0.6 is 0 Å². The van der Waals surface area contributed by atoms with Crippen molar-refractivity contribution in [1.82, 2.24) is 9.55 Å². The Labute approximate surface area is 89.5 Å². The predicted molar refractivity (Wildman–Crippen MR) is 57.8 cm³/mol. The monoisotopic (exact) mass is 207 g/mol. The van der Waals surface area contributed by atoms with Gasteiger partial charge in [0.2, 0.25) is 5.95 Å². The summed E-state index contributed by atoms with van der Waals surface area (Å²) in [5.41, 5.74) is -0.412. The zero-order valence-electron chi connectivity index (χ0n) is 9.06. The van der Waals surface area contributed by atoms with Gasteiger partial charge in [0.15, 0.2) is 0 Å². The van der Waals surface area contributed by atoms with Gasteiger partial charge in [0.25, 0.3) is 0 Å². The lowest BCUT2D eigenvalue weighted by atomic mass is 9.89. The Balaban J connectivity index is 1.71. The fraction of sp³-hybridized carbons (Fsp3) is 0.727. The number of β-amino-alcohol motifs (C(OH)–C–C–N with tert-alkyl or cyclic N) is 1. The molecule has 1 aromatic rings. The maximum absolute atomic E-state index is 10.2. The molecule has 0 aromatic carbocycles. The summed E-state index contributed by atoms with van der Waals surface area (Å²) in [5, 5.41) is 10.2. The predicted octanol–water partition coefficient (Wildman–Crippen LogP) is 0.864. The van der Waals surface area contributed by atoms with Crippen LogP contribution in [0.3, 0.4) is 0 Å². The molecule has 0 amide bonds. The lowest BCUT2D eigenvalue weighted by Gasteiger charge is -2.47. The van der Waals surface area contributed by atoms with Gasteiger partial charge in [-0.1, -0.05) is 0 Å². The van der Waals surface area contributed by atoms with E-state index >= 15 is 0 Å². The Kier molecular flexibility index (Phi) is 1.83. The zero-order valence-corrected chi connectivity index (χ0v) is 9.06. The summed E-state index contributed by atoms with van der Waals surface area (Å²) in [4.78, 5) is 6.50. The van der Waals surface area contributed by atoms with Gasteiger partial charge >= 0.3 is 0 Å². The van der Waals surface area contributed by atoms with Gasteiger partial charge in [0.1, 0.15) is 5.60 Å². The lowest BCUT2D eigenvalue weighted by molar-refractivity contribution is -0.0105. The average Bonchev–Trinajstić information content (AvgIpc) is 2.92. The van der Waals surface area contributed by atoms with E-state index < -0.39 is 5.60 Å². The average molecular weight is 207 g/mol. The maximum Gasteiger partial charge on any atom is 0.205 e. The van der Waals surface area contributed by atoms with Gasteiger partial charge in [-0.2, -0.15) is 0 Å². The third-order valence-electron chi connectivity index (χ3n) is 3.58. The SMILES string of the molecule is CCn1ccnc1N1CC(O)(C2CC2)C1. The summed E-state index contributed by atoms with van der Waals surface area (Å²) in [6.07, 6.45) is 6.22. The summed E-state index contributed by atoms with van der Waals surface area (Å²) in [6.45, 7) is 4.56. The summed E-state index contributed by atoms with van der Waals surface area (Å²) in [5.74, 6) is 1.56. The lowest BCUT2D eigenvalue weighted by Crippen LogP contribution is -2.64. The second kappa shape index (κ2) is 2.98. The zero-order chi connectivity index (χ0) is 10.5. The van der Waals surface area contributed by atoms with Gasteiger partial charge in [-0.05, 0) is 25.7 Å². The molecule has 82 valence electrons. The van der Waals surface area contributed by atoms with Crippen LogP contribution in [-0.2, 0) is 6.54 Å². The molecule has 0 spiro atoms. The van der Waals surface area contributed by atoms with Gasteiger partial charge in [-0.3, -0.25) is 0 Å². The third-order valence-corrected chi connectivity index (χ3v) is 3.58. The second-order valence-corrected chi connectivity index (χ2v) is 4.75. The van der Waals surface area contributed by atoms with Crippen molar-refractivity contribution in [3.8, 4) is 0 Å². The molecule has 0 unspecified atom stereocenters. The van der Waals surface area contributed by atoms with Crippen LogP contribution in [0.2, 0.25) is 0 Å². The Morgan fingerprint density at radius 2 is 2.27 bits per heavy atom. The maximum atomic E-state index is 10.2. The number of nitrogens with zero attached hydrogens (tertiary/aromatic N) is 3. The van der Waals surface area contributed by atoms with Crippen molar-refractivity contribution in [2.24, 2.45) is 5.92 Å². The molecule has 1 saturated heterocycles. The molecule has 1 N–H and O–H groups in total. The summed E-state index contributed by atoms with van der Waals surface area (Å²) < 4.78 is 2.12. The van der Waals surface area contributed by atoms with Crippen molar-refractivity contribution in [2.45, 2.75) is 31.9 Å². The van der Waals surface area contributed by atoms with Gasteiger partial charge in [0.05, 0.1) is 13.1 Å². The first-order chi connectivity index (χ1) is 7.23. The van der Waals surface area contributed by atoms with E-state index in [1.54, 1.807) is 0 Å². The highest BCUT2D eigenvalue weighted by atomic mass is 16.3. The van der Waals surface area contributed by atoms with Crippen molar-refractivity contribution in [3.63, 3.8) is 0 Å². The van der Waals surface area contributed by atoms with Crippen molar-refractivity contribution < 1.29 is 5.11 Å². The van der Waals surface area contributed by atoms with E-state index in [9.17, 15) is 5.11 Å². The Bertz CT molecular complexity index is 364. The fourth-order valence-electron chi connectivity index (χ4n) is 2.47. The number of aryl methyl sites for hydroxylation is 1. The van der Waals surface area contributed by atoms with E-state index in [1.165, 1.54) is 12.8 Å². The van der Waals surface area contributed by atoms with E-state index in [0.717, 1.165) is 25.6 Å². The molecule has 1 aliphatic carbocycles. The van der Waals surface area contributed by atoms with Crippen LogP contribution in [-0.4, -0.2) is 33.3 Å². The minimum absolute atomic E-state index is 0.412. The highest BCUT2D eigenvalue weighted by Crippen LogP contribution is 2.45. The minimum atomic E-state index is -0.412. The van der Waals surface area contributed by atoms with E-state index in [0.29, 0.717) is 5.92 Å². The number of aromatic nitrogens is 2. The first-order valence-corrected chi connectivity index (χ1v) is 5.71. The first-order valence-electron chi connectivity index (χ1n) is 5.71. The van der Waals surface area contributed by atoms with Gasteiger partial charge in [-0.25, -0.2) is 4.98 Å². The molecule has 2 aliphatic rings. The van der Waals surface area contributed by atoms with Crippen LogP contribution in [0.25, 0.3) is 0 Å². The van der Waals surface area contributed by atoms with Crippen molar-refractivity contribution in [3.05, 3.63) is 12.4 Å². The quantitative estimate of drug-likeness (QED) is 0.799. The number of rotatable bonds is 3. The number of aliphatic hydroxyl groups is 1. The largest absolute Gasteiger partial charge is 0.386 e. The van der Waals surface area contributed by atoms with E-state index in [4.69, 9.17) is 0 Å².